The molecule has 1 aliphatic rings. The van der Waals surface area contributed by atoms with Crippen molar-refractivity contribution in [2.75, 3.05) is 37.8 Å². The van der Waals surface area contributed by atoms with Crippen molar-refractivity contribution in [1.29, 1.82) is 0 Å². The highest BCUT2D eigenvalue weighted by molar-refractivity contribution is 5.94. The second-order valence-corrected chi connectivity index (χ2v) is 8.42. The molecule has 3 N–H and O–H groups in total. The average molecular weight is 499 g/mol. The fourth-order valence-corrected chi connectivity index (χ4v) is 3.56. The van der Waals surface area contributed by atoms with Crippen LogP contribution in [-0.2, 0) is 14.4 Å². The second kappa shape index (κ2) is 15.5. The number of aryl methyl sites for hydroxylation is 1. The minimum Gasteiger partial charge on any atom is -0.491 e. The number of ether oxygens (including phenoxy) is 1. The fraction of sp³-hybridized carbons (Fsp3) is 0.444. The lowest BCUT2D eigenvalue weighted by Crippen LogP contribution is -2.52. The van der Waals surface area contributed by atoms with Gasteiger partial charge in [0.2, 0.25) is 17.7 Å². The van der Waals surface area contributed by atoms with Gasteiger partial charge in [0.1, 0.15) is 18.5 Å². The van der Waals surface area contributed by atoms with E-state index in [1.54, 1.807) is 19.1 Å². The number of aliphatic hydroxyl groups is 1. The number of anilines is 1. The molecule has 1 fully saturated rings. The Kier molecular flexibility index (Phi) is 12.4. The zero-order chi connectivity index (χ0) is 26.3. The third-order valence-corrected chi connectivity index (χ3v) is 5.44. The fourth-order valence-electron chi connectivity index (χ4n) is 3.56. The highest BCUT2D eigenvalue weighted by Crippen LogP contribution is 2.17. The monoisotopic (exact) mass is 498 g/mol. The molecule has 1 atom stereocenters. The molecule has 9 heteroatoms. The van der Waals surface area contributed by atoms with Gasteiger partial charge in [-0.25, -0.2) is 10.0 Å². The smallest absolute Gasteiger partial charge is 0.242 e. The molecule has 0 bridgehead atoms. The summed E-state index contributed by atoms with van der Waals surface area (Å²) in [5.74, 6) is 0.556. The number of nitrogens with zero attached hydrogens (tertiary/aromatic N) is 2. The standard InChI is InChI=1S/C23H31N3O4.C4H7NO/c1-4-23(29)25(26(19(3)27)20-11-6-5-7-12-20)15-14-24-16-21(28)17-30-22-13-9-8-10-18(22)2;6-4-2-1-3-5-4/h5-13,21,24,28H,4,14-17H2,1-3H3;1-3H2,(H,5,6). The number of amides is 3. The number of benzene rings is 2. The average Bonchev–Trinajstić information content (AvgIpc) is 3.36. The number of nitrogens with one attached hydrogen (secondary N) is 2. The van der Waals surface area contributed by atoms with Crippen LogP contribution in [0.25, 0.3) is 0 Å². The van der Waals surface area contributed by atoms with E-state index in [9.17, 15) is 19.5 Å². The van der Waals surface area contributed by atoms with Crippen LogP contribution < -0.4 is 20.4 Å². The first kappa shape index (κ1) is 28.8. The first-order chi connectivity index (χ1) is 17.3. The molecule has 0 saturated carbocycles. The van der Waals surface area contributed by atoms with Gasteiger partial charge in [-0.05, 0) is 37.1 Å². The minimum atomic E-state index is -0.696. The summed E-state index contributed by atoms with van der Waals surface area (Å²) in [5, 5.41) is 18.8. The Morgan fingerprint density at radius 2 is 1.83 bits per heavy atom. The zero-order valence-electron chi connectivity index (χ0n) is 21.4. The highest BCUT2D eigenvalue weighted by Gasteiger charge is 2.24. The Morgan fingerprint density at radius 3 is 2.39 bits per heavy atom. The molecule has 1 heterocycles. The highest BCUT2D eigenvalue weighted by atomic mass is 16.5. The maximum atomic E-state index is 12.5. The Bertz CT molecular complexity index is 962. The number of para-hydroxylation sites is 2. The van der Waals surface area contributed by atoms with Crippen LogP contribution in [0.4, 0.5) is 5.69 Å². The number of carbonyl (C=O) groups is 3. The molecule has 3 rings (SSSR count). The third kappa shape index (κ3) is 9.67. The van der Waals surface area contributed by atoms with Crippen molar-refractivity contribution in [3.05, 3.63) is 60.2 Å². The van der Waals surface area contributed by atoms with Crippen LogP contribution >= 0.6 is 0 Å². The maximum absolute atomic E-state index is 12.5. The molecule has 1 aliphatic heterocycles. The van der Waals surface area contributed by atoms with Gasteiger partial charge in [-0.15, -0.1) is 0 Å². The van der Waals surface area contributed by atoms with Crippen molar-refractivity contribution >= 4 is 23.4 Å². The summed E-state index contributed by atoms with van der Waals surface area (Å²) in [6, 6.07) is 16.7. The van der Waals surface area contributed by atoms with Crippen LogP contribution in [0.1, 0.15) is 38.7 Å². The summed E-state index contributed by atoms with van der Waals surface area (Å²) in [4.78, 5) is 34.9. The number of carbonyl (C=O) groups excluding carboxylic acids is 3. The molecule has 0 aliphatic carbocycles. The topological polar surface area (TPSA) is 111 Å². The molecule has 3 amide bonds. The lowest BCUT2D eigenvalue weighted by Gasteiger charge is -2.34. The molecular formula is C27H38N4O5. The van der Waals surface area contributed by atoms with Crippen molar-refractivity contribution < 1.29 is 24.2 Å². The Morgan fingerprint density at radius 1 is 1.14 bits per heavy atom. The predicted molar refractivity (Wildman–Crippen MR) is 139 cm³/mol. The molecule has 2 aromatic carbocycles. The van der Waals surface area contributed by atoms with Gasteiger partial charge in [0, 0.05) is 39.4 Å². The van der Waals surface area contributed by atoms with Gasteiger partial charge in [-0.3, -0.25) is 14.4 Å². The number of aliphatic hydroxyl groups excluding tert-OH is 1. The number of rotatable bonds is 10. The van der Waals surface area contributed by atoms with Crippen molar-refractivity contribution in [3.63, 3.8) is 0 Å². The Labute approximate surface area is 213 Å². The van der Waals surface area contributed by atoms with E-state index < -0.39 is 6.10 Å². The van der Waals surface area contributed by atoms with E-state index in [2.05, 4.69) is 10.6 Å². The predicted octanol–water partition coefficient (Wildman–Crippen LogP) is 2.43. The summed E-state index contributed by atoms with van der Waals surface area (Å²) in [7, 11) is 0. The van der Waals surface area contributed by atoms with Gasteiger partial charge in [0.05, 0.1) is 12.2 Å². The Balaban J connectivity index is 0.000000662. The van der Waals surface area contributed by atoms with E-state index in [1.165, 1.54) is 16.9 Å². The largest absolute Gasteiger partial charge is 0.491 e. The molecule has 2 aromatic rings. The molecule has 196 valence electrons. The zero-order valence-corrected chi connectivity index (χ0v) is 21.4. The number of hydrogen-bond donors (Lipinski definition) is 3. The van der Waals surface area contributed by atoms with Gasteiger partial charge in [0.25, 0.3) is 0 Å². The summed E-state index contributed by atoms with van der Waals surface area (Å²) in [5.41, 5.74) is 1.65. The molecule has 9 nitrogen and oxygen atoms in total. The summed E-state index contributed by atoms with van der Waals surface area (Å²) >= 11 is 0. The minimum absolute atomic E-state index is 0.153. The summed E-state index contributed by atoms with van der Waals surface area (Å²) in [6.07, 6.45) is 1.35. The number of hydrogen-bond acceptors (Lipinski definition) is 6. The lowest BCUT2D eigenvalue weighted by molar-refractivity contribution is -0.136. The van der Waals surface area contributed by atoms with Gasteiger partial charge in [-0.2, -0.15) is 0 Å². The van der Waals surface area contributed by atoms with E-state index in [1.807, 2.05) is 49.4 Å². The van der Waals surface area contributed by atoms with Gasteiger partial charge in [0.15, 0.2) is 0 Å². The van der Waals surface area contributed by atoms with Crippen LogP contribution in [0.5, 0.6) is 5.75 Å². The molecule has 1 saturated heterocycles. The van der Waals surface area contributed by atoms with Crippen molar-refractivity contribution in [2.24, 2.45) is 0 Å². The van der Waals surface area contributed by atoms with E-state index in [0.29, 0.717) is 25.3 Å². The number of hydrazine groups is 1. The molecule has 0 aromatic heterocycles. The van der Waals surface area contributed by atoms with Crippen LogP contribution in [-0.4, -0.2) is 66.7 Å². The van der Waals surface area contributed by atoms with Crippen LogP contribution in [0, 0.1) is 6.92 Å². The van der Waals surface area contributed by atoms with E-state index in [4.69, 9.17) is 4.74 Å². The van der Waals surface area contributed by atoms with E-state index >= 15 is 0 Å². The second-order valence-electron chi connectivity index (χ2n) is 8.42. The first-order valence-electron chi connectivity index (χ1n) is 12.3. The van der Waals surface area contributed by atoms with Gasteiger partial charge >= 0.3 is 0 Å². The summed E-state index contributed by atoms with van der Waals surface area (Å²) in [6.45, 7) is 7.23. The third-order valence-electron chi connectivity index (χ3n) is 5.44. The maximum Gasteiger partial charge on any atom is 0.242 e. The lowest BCUT2D eigenvalue weighted by atomic mass is 10.2. The van der Waals surface area contributed by atoms with E-state index in [-0.39, 0.29) is 30.7 Å². The normalized spacial score (nSPS) is 13.2. The first-order valence-corrected chi connectivity index (χ1v) is 12.3. The van der Waals surface area contributed by atoms with Crippen LogP contribution in [0.3, 0.4) is 0 Å². The van der Waals surface area contributed by atoms with E-state index in [0.717, 1.165) is 30.7 Å². The molecule has 36 heavy (non-hydrogen) atoms. The molecular weight excluding hydrogens is 460 g/mol. The van der Waals surface area contributed by atoms with Crippen LogP contribution in [0.15, 0.2) is 54.6 Å². The summed E-state index contributed by atoms with van der Waals surface area (Å²) < 4.78 is 5.65. The quantitative estimate of drug-likeness (QED) is 0.343. The molecule has 1 unspecified atom stereocenters. The van der Waals surface area contributed by atoms with Crippen molar-refractivity contribution in [1.82, 2.24) is 15.6 Å². The molecule has 0 spiro atoms. The SMILES string of the molecule is CCC(=O)N(CCNCC(O)COc1ccccc1C)N(C(C)=O)c1ccccc1.O=C1CCCN1. The van der Waals surface area contributed by atoms with Gasteiger partial charge < -0.3 is 20.5 Å². The van der Waals surface area contributed by atoms with Gasteiger partial charge in [-0.1, -0.05) is 43.3 Å². The Hall–Kier alpha value is -3.43. The van der Waals surface area contributed by atoms with Crippen LogP contribution in [0.2, 0.25) is 0 Å². The van der Waals surface area contributed by atoms with Crippen molar-refractivity contribution in [2.45, 2.75) is 46.1 Å². The van der Waals surface area contributed by atoms with Crippen molar-refractivity contribution in [3.8, 4) is 5.75 Å². The molecule has 0 radical (unpaired) electrons.